The Hall–Kier alpha value is -3.54. The lowest BCUT2D eigenvalue weighted by molar-refractivity contribution is 0.102. The van der Waals surface area contributed by atoms with Crippen LogP contribution in [0.5, 0.6) is 0 Å². The summed E-state index contributed by atoms with van der Waals surface area (Å²) in [5.41, 5.74) is 2.81. The second kappa shape index (κ2) is 6.40. The zero-order valence-electron chi connectivity index (χ0n) is 14.0. The fourth-order valence-corrected chi connectivity index (χ4v) is 2.84. The molecular formula is C20H15FN4O. The van der Waals surface area contributed by atoms with Gasteiger partial charge in [-0.2, -0.15) is 0 Å². The molecule has 0 saturated heterocycles. The third-order valence-electron chi connectivity index (χ3n) is 4.07. The van der Waals surface area contributed by atoms with Gasteiger partial charge in [0.15, 0.2) is 11.5 Å². The van der Waals surface area contributed by atoms with Crippen molar-refractivity contribution in [2.45, 2.75) is 6.92 Å². The number of aryl methyl sites for hydroxylation is 1. The molecule has 0 aliphatic heterocycles. The zero-order valence-corrected chi connectivity index (χ0v) is 14.0. The molecule has 0 aliphatic carbocycles. The van der Waals surface area contributed by atoms with Gasteiger partial charge in [0.1, 0.15) is 5.82 Å². The zero-order chi connectivity index (χ0) is 18.1. The quantitative estimate of drug-likeness (QED) is 0.608. The summed E-state index contributed by atoms with van der Waals surface area (Å²) >= 11 is 0. The van der Waals surface area contributed by atoms with Crippen LogP contribution in [0.25, 0.3) is 17.0 Å². The fraction of sp³-hybridized carbons (Fsp3) is 0.0500. The molecular weight excluding hydrogens is 331 g/mol. The Bertz CT molecular complexity index is 1120. The van der Waals surface area contributed by atoms with Crippen molar-refractivity contribution in [2.24, 2.45) is 0 Å². The molecule has 0 fully saturated rings. The number of hydrogen-bond acceptors (Lipinski definition) is 3. The SMILES string of the molecule is Cc1cccc(NC(=O)c2cccn3c(-c4ccccc4F)nnc23)c1. The van der Waals surface area contributed by atoms with E-state index in [1.807, 2.05) is 31.2 Å². The molecule has 128 valence electrons. The first kappa shape index (κ1) is 16.0. The first-order valence-electron chi connectivity index (χ1n) is 8.10. The van der Waals surface area contributed by atoms with Crippen LogP contribution in [0.1, 0.15) is 15.9 Å². The van der Waals surface area contributed by atoms with E-state index in [0.29, 0.717) is 28.3 Å². The highest BCUT2D eigenvalue weighted by atomic mass is 19.1. The number of anilines is 1. The lowest BCUT2D eigenvalue weighted by Gasteiger charge is -2.07. The number of pyridine rings is 1. The van der Waals surface area contributed by atoms with Crippen LogP contribution in [-0.2, 0) is 0 Å². The van der Waals surface area contributed by atoms with Gasteiger partial charge >= 0.3 is 0 Å². The number of rotatable bonds is 3. The minimum atomic E-state index is -0.392. The number of amides is 1. The predicted octanol–water partition coefficient (Wildman–Crippen LogP) is 4.10. The number of fused-ring (bicyclic) bond motifs is 1. The van der Waals surface area contributed by atoms with Gasteiger partial charge in [0.2, 0.25) is 0 Å². The monoisotopic (exact) mass is 346 g/mol. The molecule has 1 N–H and O–H groups in total. The fourth-order valence-electron chi connectivity index (χ4n) is 2.84. The van der Waals surface area contributed by atoms with Crippen LogP contribution in [0.3, 0.4) is 0 Å². The van der Waals surface area contributed by atoms with Gasteiger partial charge in [-0.1, -0.05) is 24.3 Å². The van der Waals surface area contributed by atoms with Crippen LogP contribution in [0, 0.1) is 12.7 Å². The Labute approximate surface area is 149 Å². The van der Waals surface area contributed by atoms with Crippen LogP contribution in [0.15, 0.2) is 66.9 Å². The minimum absolute atomic E-state index is 0.298. The van der Waals surface area contributed by atoms with Gasteiger partial charge in [-0.15, -0.1) is 10.2 Å². The van der Waals surface area contributed by atoms with E-state index in [1.165, 1.54) is 6.07 Å². The molecule has 2 aromatic heterocycles. The average molecular weight is 346 g/mol. The minimum Gasteiger partial charge on any atom is -0.322 e. The highest BCUT2D eigenvalue weighted by molar-refractivity contribution is 6.08. The molecule has 0 spiro atoms. The normalized spacial score (nSPS) is 10.8. The Morgan fingerprint density at radius 1 is 1.04 bits per heavy atom. The van der Waals surface area contributed by atoms with Crippen LogP contribution in [0.2, 0.25) is 0 Å². The second-order valence-electron chi connectivity index (χ2n) is 5.94. The Balaban J connectivity index is 1.75. The first-order valence-corrected chi connectivity index (χ1v) is 8.10. The van der Waals surface area contributed by atoms with E-state index in [0.717, 1.165) is 5.56 Å². The molecule has 26 heavy (non-hydrogen) atoms. The number of halogens is 1. The van der Waals surface area contributed by atoms with Crippen LogP contribution >= 0.6 is 0 Å². The second-order valence-corrected chi connectivity index (χ2v) is 5.94. The highest BCUT2D eigenvalue weighted by Gasteiger charge is 2.17. The topological polar surface area (TPSA) is 59.3 Å². The van der Waals surface area contributed by atoms with E-state index in [4.69, 9.17) is 0 Å². The molecule has 2 aromatic carbocycles. The van der Waals surface area contributed by atoms with Gasteiger partial charge in [0.05, 0.1) is 11.1 Å². The number of nitrogens with one attached hydrogen (secondary N) is 1. The van der Waals surface area contributed by atoms with Crippen molar-refractivity contribution in [3.05, 3.63) is 83.8 Å². The molecule has 0 atom stereocenters. The van der Waals surface area contributed by atoms with Gasteiger partial charge < -0.3 is 5.32 Å². The maximum absolute atomic E-state index is 14.1. The number of nitrogens with zero attached hydrogens (tertiary/aromatic N) is 3. The summed E-state index contributed by atoms with van der Waals surface area (Å²) in [4.78, 5) is 12.7. The summed E-state index contributed by atoms with van der Waals surface area (Å²) in [7, 11) is 0. The average Bonchev–Trinajstić information content (AvgIpc) is 3.06. The van der Waals surface area contributed by atoms with Gasteiger partial charge in [-0.25, -0.2) is 4.39 Å². The summed E-state index contributed by atoms with van der Waals surface area (Å²) in [5, 5.41) is 11.0. The largest absolute Gasteiger partial charge is 0.322 e. The molecule has 2 heterocycles. The van der Waals surface area contributed by atoms with Crippen molar-refractivity contribution in [3.8, 4) is 11.4 Å². The first-order chi connectivity index (χ1) is 12.6. The summed E-state index contributed by atoms with van der Waals surface area (Å²) in [5.74, 6) is -0.339. The standard InChI is InChI=1S/C20H15FN4O/c1-13-6-4-7-14(12-13)22-20(26)16-9-5-11-25-18(23-24-19(16)25)15-8-2-3-10-17(15)21/h2-12H,1H3,(H,22,26). The van der Waals surface area contributed by atoms with E-state index in [1.54, 1.807) is 40.9 Å². The smallest absolute Gasteiger partial charge is 0.259 e. The third kappa shape index (κ3) is 2.82. The van der Waals surface area contributed by atoms with Crippen LogP contribution < -0.4 is 5.32 Å². The van der Waals surface area contributed by atoms with Crippen molar-refractivity contribution in [1.29, 1.82) is 0 Å². The van der Waals surface area contributed by atoms with Crippen LogP contribution in [-0.4, -0.2) is 20.5 Å². The summed E-state index contributed by atoms with van der Waals surface area (Å²) < 4.78 is 15.7. The molecule has 0 radical (unpaired) electrons. The summed E-state index contributed by atoms with van der Waals surface area (Å²) in [6, 6.07) is 17.2. The van der Waals surface area contributed by atoms with Crippen molar-refractivity contribution in [2.75, 3.05) is 5.32 Å². The van der Waals surface area contributed by atoms with Gasteiger partial charge in [-0.3, -0.25) is 9.20 Å². The maximum Gasteiger partial charge on any atom is 0.259 e. The summed E-state index contributed by atoms with van der Waals surface area (Å²) in [6.45, 7) is 1.95. The molecule has 1 amide bonds. The number of carbonyl (C=O) groups excluding carboxylic acids is 1. The predicted molar refractivity (Wildman–Crippen MR) is 97.5 cm³/mol. The number of hydrogen-bond donors (Lipinski definition) is 1. The van der Waals surface area contributed by atoms with Gasteiger partial charge in [0.25, 0.3) is 5.91 Å². The molecule has 5 nitrogen and oxygen atoms in total. The molecule has 0 aliphatic rings. The highest BCUT2D eigenvalue weighted by Crippen LogP contribution is 2.23. The summed E-state index contributed by atoms with van der Waals surface area (Å²) in [6.07, 6.45) is 1.71. The molecule has 6 heteroatoms. The molecule has 0 unspecified atom stereocenters. The lowest BCUT2D eigenvalue weighted by Crippen LogP contribution is -2.13. The molecule has 0 saturated carbocycles. The van der Waals surface area contributed by atoms with E-state index in [-0.39, 0.29) is 5.91 Å². The maximum atomic E-state index is 14.1. The van der Waals surface area contributed by atoms with E-state index in [2.05, 4.69) is 15.5 Å². The van der Waals surface area contributed by atoms with Gasteiger partial charge in [-0.05, 0) is 48.9 Å². The Morgan fingerprint density at radius 2 is 1.88 bits per heavy atom. The van der Waals surface area contributed by atoms with Gasteiger partial charge in [0, 0.05) is 11.9 Å². The lowest BCUT2D eigenvalue weighted by atomic mass is 10.2. The molecule has 4 aromatic rings. The van der Waals surface area contributed by atoms with E-state index >= 15 is 0 Å². The van der Waals surface area contributed by atoms with Crippen molar-refractivity contribution in [3.63, 3.8) is 0 Å². The Kier molecular flexibility index (Phi) is 3.93. The number of benzene rings is 2. The number of carbonyl (C=O) groups is 1. The van der Waals surface area contributed by atoms with Crippen LogP contribution in [0.4, 0.5) is 10.1 Å². The van der Waals surface area contributed by atoms with E-state index in [9.17, 15) is 9.18 Å². The van der Waals surface area contributed by atoms with Crippen molar-refractivity contribution in [1.82, 2.24) is 14.6 Å². The Morgan fingerprint density at radius 3 is 2.69 bits per heavy atom. The molecule has 4 rings (SSSR count). The van der Waals surface area contributed by atoms with Crippen molar-refractivity contribution < 1.29 is 9.18 Å². The third-order valence-corrected chi connectivity index (χ3v) is 4.07. The van der Waals surface area contributed by atoms with Crippen molar-refractivity contribution >= 4 is 17.2 Å². The molecule has 0 bridgehead atoms. The number of aromatic nitrogens is 3. The van der Waals surface area contributed by atoms with E-state index < -0.39 is 5.82 Å².